The maximum absolute atomic E-state index is 9.91. The maximum atomic E-state index is 9.91. The van der Waals surface area contributed by atoms with Gasteiger partial charge in [0.15, 0.2) is 13.5 Å². The summed E-state index contributed by atoms with van der Waals surface area (Å²) < 4.78 is 6.28. The van der Waals surface area contributed by atoms with Crippen LogP contribution >= 0.6 is 11.8 Å². The summed E-state index contributed by atoms with van der Waals surface area (Å²) in [7, 11) is -1.90. The highest BCUT2D eigenvalue weighted by Crippen LogP contribution is 2.38. The zero-order valence-electron chi connectivity index (χ0n) is 14.7. The number of rotatable bonds is 6. The van der Waals surface area contributed by atoms with Gasteiger partial charge in [-0.15, -0.1) is 0 Å². The monoisotopic (exact) mass is 343 g/mol. The maximum Gasteiger partial charge on any atom is 0.192 e. The van der Waals surface area contributed by atoms with Crippen molar-refractivity contribution in [2.24, 2.45) is 0 Å². The van der Waals surface area contributed by atoms with Crippen molar-refractivity contribution in [2.45, 2.75) is 56.4 Å². The zero-order chi connectivity index (χ0) is 17.2. The summed E-state index contributed by atoms with van der Waals surface area (Å²) in [6.07, 6.45) is 3.61. The Morgan fingerprint density at radius 3 is 2.32 bits per heavy atom. The fourth-order valence-corrected chi connectivity index (χ4v) is 3.17. The second kappa shape index (κ2) is 6.86. The molecule has 3 N–H and O–H groups in total. The van der Waals surface area contributed by atoms with Crippen molar-refractivity contribution in [3.05, 3.63) is 11.8 Å². The molecular weight excluding hydrogens is 314 g/mol. The third kappa shape index (κ3) is 4.22. The molecule has 0 fully saturated rings. The third-order valence-electron chi connectivity index (χ3n) is 4.54. The van der Waals surface area contributed by atoms with E-state index in [1.807, 2.05) is 13.2 Å². The average Bonchev–Trinajstić information content (AvgIpc) is 2.43. The molecule has 0 radical (unpaired) electrons. The zero-order valence-corrected chi connectivity index (χ0v) is 16.5. The molecule has 1 aromatic heterocycles. The average molecular weight is 344 g/mol. The smallest absolute Gasteiger partial charge is 0.192 e. The largest absolute Gasteiger partial charge is 0.416 e. The van der Waals surface area contributed by atoms with Crippen molar-refractivity contribution in [3.63, 3.8) is 0 Å². The van der Waals surface area contributed by atoms with Gasteiger partial charge in [-0.25, -0.2) is 9.97 Å². The van der Waals surface area contributed by atoms with E-state index in [2.05, 4.69) is 43.8 Å². The first-order valence-electron chi connectivity index (χ1n) is 7.38. The molecule has 1 unspecified atom stereocenters. The van der Waals surface area contributed by atoms with Gasteiger partial charge in [0.1, 0.15) is 5.82 Å². The Morgan fingerprint density at radius 1 is 1.32 bits per heavy atom. The Morgan fingerprint density at radius 2 is 1.91 bits per heavy atom. The van der Waals surface area contributed by atoms with Crippen molar-refractivity contribution in [1.82, 2.24) is 9.97 Å². The summed E-state index contributed by atoms with van der Waals surface area (Å²) in [5.41, 5.74) is 6.21. The molecule has 0 aliphatic carbocycles. The van der Waals surface area contributed by atoms with E-state index in [-0.39, 0.29) is 11.6 Å². The van der Waals surface area contributed by atoms with Crippen LogP contribution in [0.4, 0.5) is 5.82 Å². The molecule has 22 heavy (non-hydrogen) atoms. The van der Waals surface area contributed by atoms with Crippen LogP contribution in [0.15, 0.2) is 11.4 Å². The lowest BCUT2D eigenvalue weighted by atomic mass is 9.85. The second-order valence-electron chi connectivity index (χ2n) is 7.42. The number of hydrogen-bond donors (Lipinski definition) is 2. The first-order valence-corrected chi connectivity index (χ1v) is 11.5. The quantitative estimate of drug-likeness (QED) is 0.469. The lowest BCUT2D eigenvalue weighted by Crippen LogP contribution is -2.45. The molecule has 5 nitrogen and oxygen atoms in total. The highest BCUT2D eigenvalue weighted by molar-refractivity contribution is 7.98. The van der Waals surface area contributed by atoms with Crippen LogP contribution in [0.5, 0.6) is 0 Å². The number of aromatic nitrogens is 2. The number of nitrogens with zero attached hydrogens (tertiary/aromatic N) is 2. The van der Waals surface area contributed by atoms with Crippen molar-refractivity contribution in [1.29, 1.82) is 0 Å². The first kappa shape index (κ1) is 19.4. The van der Waals surface area contributed by atoms with Gasteiger partial charge in [0.25, 0.3) is 0 Å². The number of thioether (sulfide) groups is 1. The van der Waals surface area contributed by atoms with Crippen LogP contribution in [-0.2, 0) is 9.84 Å². The molecule has 7 heteroatoms. The van der Waals surface area contributed by atoms with Gasteiger partial charge >= 0.3 is 0 Å². The van der Waals surface area contributed by atoms with Crippen LogP contribution in [-0.4, -0.2) is 42.9 Å². The topological polar surface area (TPSA) is 81.3 Å². The Labute approximate surface area is 139 Å². The molecule has 1 aromatic rings. The minimum absolute atomic E-state index is 0.0617. The summed E-state index contributed by atoms with van der Waals surface area (Å²) in [5.74, 6) is 0.412. The number of nitrogen functional groups attached to an aromatic ring is 1. The molecule has 1 heterocycles. The van der Waals surface area contributed by atoms with Crippen LogP contribution in [0, 0.1) is 0 Å². The van der Waals surface area contributed by atoms with Gasteiger partial charge in [-0.05, 0) is 24.4 Å². The van der Waals surface area contributed by atoms with Gasteiger partial charge in [-0.3, -0.25) is 0 Å². The van der Waals surface area contributed by atoms with Gasteiger partial charge in [0, 0.05) is 23.8 Å². The normalized spacial score (nSPS) is 15.6. The van der Waals surface area contributed by atoms with E-state index in [1.54, 1.807) is 6.20 Å². The third-order valence-corrected chi connectivity index (χ3v) is 9.58. The second-order valence-corrected chi connectivity index (χ2v) is 13.0. The molecule has 0 bridgehead atoms. The van der Waals surface area contributed by atoms with Crippen molar-refractivity contribution in [3.8, 4) is 0 Å². The predicted molar refractivity (Wildman–Crippen MR) is 95.8 cm³/mol. The summed E-state index contributed by atoms with van der Waals surface area (Å²) in [5, 5.41) is 10.7. The predicted octanol–water partition coefficient (Wildman–Crippen LogP) is 3.05. The van der Waals surface area contributed by atoms with Crippen molar-refractivity contribution >= 4 is 25.9 Å². The van der Waals surface area contributed by atoms with E-state index in [0.29, 0.717) is 17.6 Å². The van der Waals surface area contributed by atoms with Gasteiger partial charge in [0.05, 0.1) is 6.61 Å². The molecule has 0 aliphatic rings. The lowest BCUT2D eigenvalue weighted by molar-refractivity contribution is 0.133. The molecule has 0 amide bonds. The molecule has 0 saturated heterocycles. The van der Waals surface area contributed by atoms with Gasteiger partial charge in [-0.1, -0.05) is 39.5 Å². The lowest BCUT2D eigenvalue weighted by Gasteiger charge is -2.39. The molecule has 0 spiro atoms. The Bertz CT molecular complexity index is 520. The summed E-state index contributed by atoms with van der Waals surface area (Å²) >= 11 is 1.44. The van der Waals surface area contributed by atoms with E-state index in [9.17, 15) is 5.11 Å². The van der Waals surface area contributed by atoms with Crippen LogP contribution in [0.3, 0.4) is 0 Å². The Balaban J connectivity index is 3.03. The number of nitrogens with two attached hydrogens (primary N) is 1. The highest BCUT2D eigenvalue weighted by atomic mass is 32.2. The van der Waals surface area contributed by atoms with Gasteiger partial charge in [-0.2, -0.15) is 0 Å². The van der Waals surface area contributed by atoms with Crippen LogP contribution in [0.1, 0.15) is 33.3 Å². The Hall–Kier alpha value is -0.633. The van der Waals surface area contributed by atoms with Crippen LogP contribution in [0.2, 0.25) is 18.1 Å². The first-order chi connectivity index (χ1) is 9.97. The molecule has 0 saturated carbocycles. The van der Waals surface area contributed by atoms with Crippen molar-refractivity contribution < 1.29 is 9.53 Å². The molecule has 1 atom stereocenters. The summed E-state index contributed by atoms with van der Waals surface area (Å²) in [4.78, 5) is 8.55. The SMILES string of the molecule is CSc1ncc(C(C)(CO)CO[Si](C)(C)C(C)(C)C)c(N)n1. The van der Waals surface area contributed by atoms with E-state index in [1.165, 1.54) is 11.8 Å². The number of hydrogen-bond acceptors (Lipinski definition) is 6. The van der Waals surface area contributed by atoms with E-state index in [0.717, 1.165) is 5.56 Å². The van der Waals surface area contributed by atoms with Gasteiger partial charge in [0.2, 0.25) is 0 Å². The standard InChI is InChI=1S/C15H29N3O2SSi/c1-14(2,3)22(6,7)20-10-15(4,9-19)11-8-17-13(21-5)18-12(11)16/h8,19H,9-10H2,1-7H3,(H2,16,17,18). The highest BCUT2D eigenvalue weighted by Gasteiger charge is 2.40. The molecule has 126 valence electrons. The molecule has 1 rings (SSSR count). The van der Waals surface area contributed by atoms with Crippen LogP contribution < -0.4 is 5.73 Å². The fourth-order valence-electron chi connectivity index (χ4n) is 1.71. The summed E-state index contributed by atoms with van der Waals surface area (Å²) in [6, 6.07) is 0. The van der Waals surface area contributed by atoms with E-state index in [4.69, 9.17) is 10.2 Å². The van der Waals surface area contributed by atoms with E-state index < -0.39 is 13.7 Å². The minimum Gasteiger partial charge on any atom is -0.416 e. The number of aliphatic hydroxyl groups is 1. The van der Waals surface area contributed by atoms with E-state index >= 15 is 0 Å². The number of anilines is 1. The molecule has 0 aromatic carbocycles. The van der Waals surface area contributed by atoms with Crippen LogP contribution in [0.25, 0.3) is 0 Å². The minimum atomic E-state index is -1.90. The fraction of sp³-hybridized carbons (Fsp3) is 0.733. The van der Waals surface area contributed by atoms with Crippen molar-refractivity contribution in [2.75, 3.05) is 25.2 Å². The molecular formula is C15H29N3O2SSi. The Kier molecular flexibility index (Phi) is 6.05. The number of aliphatic hydroxyl groups excluding tert-OH is 1. The molecule has 0 aliphatic heterocycles. The van der Waals surface area contributed by atoms with Gasteiger partial charge < -0.3 is 15.3 Å². The summed E-state index contributed by atoms with van der Waals surface area (Å²) in [6.45, 7) is 13.3.